The molecule has 0 fully saturated rings. The molecule has 0 aliphatic carbocycles. The topological polar surface area (TPSA) is 78.5 Å². The Balaban J connectivity index is 1.63. The van der Waals surface area contributed by atoms with E-state index in [1.807, 2.05) is 37.3 Å². The molecule has 2 N–H and O–H groups in total. The van der Waals surface area contributed by atoms with E-state index in [0.29, 0.717) is 12.2 Å². The van der Waals surface area contributed by atoms with Crippen LogP contribution in [0.4, 0.5) is 11.4 Å². The number of carbonyl (C=O) groups excluding carboxylic acids is 3. The van der Waals surface area contributed by atoms with Gasteiger partial charge in [-0.3, -0.25) is 14.4 Å². The van der Waals surface area contributed by atoms with E-state index in [0.717, 1.165) is 35.2 Å². The first-order valence-corrected chi connectivity index (χ1v) is 9.00. The van der Waals surface area contributed by atoms with Gasteiger partial charge in [0.15, 0.2) is 0 Å². The maximum Gasteiger partial charge on any atom is 0.313 e. The van der Waals surface area contributed by atoms with Crippen LogP contribution < -0.4 is 15.5 Å². The predicted molar refractivity (Wildman–Crippen MR) is 104 cm³/mol. The first-order chi connectivity index (χ1) is 12.9. The van der Waals surface area contributed by atoms with Crippen molar-refractivity contribution in [2.45, 2.75) is 33.2 Å². The van der Waals surface area contributed by atoms with E-state index in [1.165, 1.54) is 6.92 Å². The summed E-state index contributed by atoms with van der Waals surface area (Å²) in [6, 6.07) is 13.1. The molecule has 2 aromatic carbocycles. The van der Waals surface area contributed by atoms with Crippen molar-refractivity contribution in [3.05, 3.63) is 59.2 Å². The molecule has 1 heterocycles. The Morgan fingerprint density at radius 2 is 1.78 bits per heavy atom. The van der Waals surface area contributed by atoms with Crippen molar-refractivity contribution < 1.29 is 14.4 Å². The fourth-order valence-electron chi connectivity index (χ4n) is 3.14. The second kappa shape index (κ2) is 8.03. The Labute approximate surface area is 158 Å². The largest absolute Gasteiger partial charge is 0.344 e. The molecule has 0 unspecified atom stereocenters. The van der Waals surface area contributed by atoms with E-state index in [-0.39, 0.29) is 12.5 Å². The molecule has 3 amide bonds. The predicted octanol–water partition coefficient (Wildman–Crippen LogP) is 2.55. The highest BCUT2D eigenvalue weighted by Gasteiger charge is 2.21. The molecule has 0 atom stereocenters. The van der Waals surface area contributed by atoms with Gasteiger partial charge in [0.25, 0.3) is 0 Å². The molecule has 0 spiro atoms. The van der Waals surface area contributed by atoms with Gasteiger partial charge in [-0.15, -0.1) is 0 Å². The molecule has 6 nitrogen and oxygen atoms in total. The summed E-state index contributed by atoms with van der Waals surface area (Å²) in [5.74, 6) is -1.46. The van der Waals surface area contributed by atoms with Crippen LogP contribution in [0.25, 0.3) is 0 Å². The Morgan fingerprint density at radius 1 is 1.04 bits per heavy atom. The van der Waals surface area contributed by atoms with Crippen LogP contribution in [-0.4, -0.2) is 24.3 Å². The average Bonchev–Trinajstić information content (AvgIpc) is 2.66. The van der Waals surface area contributed by atoms with Crippen LogP contribution in [0, 0.1) is 6.92 Å². The number of anilines is 2. The van der Waals surface area contributed by atoms with E-state index in [2.05, 4.69) is 10.6 Å². The molecule has 140 valence electrons. The van der Waals surface area contributed by atoms with Gasteiger partial charge in [-0.2, -0.15) is 0 Å². The van der Waals surface area contributed by atoms with Crippen molar-refractivity contribution >= 4 is 29.1 Å². The Bertz CT molecular complexity index is 875. The molecular formula is C21H23N3O3. The summed E-state index contributed by atoms with van der Waals surface area (Å²) >= 11 is 0. The van der Waals surface area contributed by atoms with Crippen LogP contribution in [0.2, 0.25) is 0 Å². The lowest BCUT2D eigenvalue weighted by Gasteiger charge is -2.29. The van der Waals surface area contributed by atoms with Gasteiger partial charge in [-0.05, 0) is 43.0 Å². The number of rotatable bonds is 3. The minimum Gasteiger partial charge on any atom is -0.344 e. The molecule has 1 aliphatic rings. The Morgan fingerprint density at radius 3 is 2.48 bits per heavy atom. The SMILES string of the molecule is CC(=O)N1CCCc2ccc(NC(=O)C(=O)NCc3ccc(C)cc3)cc21. The number of hydrogen-bond acceptors (Lipinski definition) is 3. The number of hydrogen-bond donors (Lipinski definition) is 2. The van der Waals surface area contributed by atoms with Crippen molar-refractivity contribution in [2.24, 2.45) is 0 Å². The fraction of sp³-hybridized carbons (Fsp3) is 0.286. The first-order valence-electron chi connectivity index (χ1n) is 9.00. The molecule has 0 bridgehead atoms. The third-order valence-corrected chi connectivity index (χ3v) is 4.62. The van der Waals surface area contributed by atoms with Gasteiger partial charge in [0.1, 0.15) is 0 Å². The normalized spacial score (nSPS) is 12.9. The van der Waals surface area contributed by atoms with Crippen LogP contribution in [0.1, 0.15) is 30.0 Å². The van der Waals surface area contributed by atoms with Crippen molar-refractivity contribution in [3.8, 4) is 0 Å². The molecular weight excluding hydrogens is 342 g/mol. The lowest BCUT2D eigenvalue weighted by molar-refractivity contribution is -0.136. The van der Waals surface area contributed by atoms with Gasteiger partial charge in [-0.25, -0.2) is 0 Å². The van der Waals surface area contributed by atoms with Crippen LogP contribution in [0.15, 0.2) is 42.5 Å². The maximum absolute atomic E-state index is 12.2. The highest BCUT2D eigenvalue weighted by Crippen LogP contribution is 2.30. The summed E-state index contributed by atoms with van der Waals surface area (Å²) in [5, 5.41) is 5.22. The molecule has 0 radical (unpaired) electrons. The van der Waals surface area contributed by atoms with Gasteiger partial charge in [-0.1, -0.05) is 35.9 Å². The molecule has 1 aliphatic heterocycles. The van der Waals surface area contributed by atoms with Crippen LogP contribution >= 0.6 is 0 Å². The zero-order valence-electron chi connectivity index (χ0n) is 15.5. The Kier molecular flexibility index (Phi) is 5.54. The van der Waals surface area contributed by atoms with E-state index >= 15 is 0 Å². The number of aryl methyl sites for hydroxylation is 2. The van der Waals surface area contributed by atoms with E-state index in [1.54, 1.807) is 17.0 Å². The second-order valence-corrected chi connectivity index (χ2v) is 6.74. The van der Waals surface area contributed by atoms with Crippen LogP contribution in [-0.2, 0) is 27.3 Å². The molecule has 0 saturated carbocycles. The lowest BCUT2D eigenvalue weighted by Crippen LogP contribution is -2.35. The number of benzene rings is 2. The number of nitrogens with zero attached hydrogens (tertiary/aromatic N) is 1. The first kappa shape index (κ1) is 18.6. The third kappa shape index (κ3) is 4.53. The second-order valence-electron chi connectivity index (χ2n) is 6.74. The summed E-state index contributed by atoms with van der Waals surface area (Å²) in [5.41, 5.74) is 4.42. The van der Waals surface area contributed by atoms with Gasteiger partial charge in [0.05, 0.1) is 0 Å². The van der Waals surface area contributed by atoms with E-state index in [9.17, 15) is 14.4 Å². The fourth-order valence-corrected chi connectivity index (χ4v) is 3.14. The van der Waals surface area contributed by atoms with Crippen LogP contribution in [0.3, 0.4) is 0 Å². The zero-order chi connectivity index (χ0) is 19.4. The van der Waals surface area contributed by atoms with Gasteiger partial charge in [0, 0.05) is 31.4 Å². The quantitative estimate of drug-likeness (QED) is 0.821. The molecule has 0 aromatic heterocycles. The van der Waals surface area contributed by atoms with E-state index < -0.39 is 11.8 Å². The van der Waals surface area contributed by atoms with Crippen molar-refractivity contribution in [2.75, 3.05) is 16.8 Å². The zero-order valence-corrected chi connectivity index (χ0v) is 15.5. The van der Waals surface area contributed by atoms with Gasteiger partial charge >= 0.3 is 11.8 Å². The maximum atomic E-state index is 12.2. The number of fused-ring (bicyclic) bond motifs is 1. The monoisotopic (exact) mass is 365 g/mol. The summed E-state index contributed by atoms with van der Waals surface area (Å²) in [6.45, 7) is 4.46. The van der Waals surface area contributed by atoms with E-state index in [4.69, 9.17) is 0 Å². The summed E-state index contributed by atoms with van der Waals surface area (Å²) in [7, 11) is 0. The minimum absolute atomic E-state index is 0.0322. The summed E-state index contributed by atoms with van der Waals surface area (Å²) in [6.07, 6.45) is 1.81. The molecule has 2 aromatic rings. The highest BCUT2D eigenvalue weighted by atomic mass is 16.2. The standard InChI is InChI=1S/C21H23N3O3/c1-14-5-7-16(8-6-14)13-22-20(26)21(27)23-18-10-9-17-4-3-11-24(15(2)25)19(17)12-18/h5-10,12H,3-4,11,13H2,1-2H3,(H,22,26)(H,23,27). The van der Waals surface area contributed by atoms with Crippen molar-refractivity contribution in [1.82, 2.24) is 5.32 Å². The van der Waals surface area contributed by atoms with Gasteiger partial charge < -0.3 is 15.5 Å². The third-order valence-electron chi connectivity index (χ3n) is 4.62. The van der Waals surface area contributed by atoms with Gasteiger partial charge in [0.2, 0.25) is 5.91 Å². The number of amides is 3. The lowest BCUT2D eigenvalue weighted by atomic mass is 10.0. The number of carbonyl (C=O) groups is 3. The molecule has 27 heavy (non-hydrogen) atoms. The summed E-state index contributed by atoms with van der Waals surface area (Å²) < 4.78 is 0. The van der Waals surface area contributed by atoms with Crippen LogP contribution in [0.5, 0.6) is 0 Å². The molecule has 3 rings (SSSR count). The summed E-state index contributed by atoms with van der Waals surface area (Å²) in [4.78, 5) is 37.7. The van der Waals surface area contributed by atoms with Crippen molar-refractivity contribution in [1.29, 1.82) is 0 Å². The minimum atomic E-state index is -0.729. The van der Waals surface area contributed by atoms with Crippen molar-refractivity contribution in [3.63, 3.8) is 0 Å². The smallest absolute Gasteiger partial charge is 0.313 e. The Hall–Kier alpha value is -3.15. The number of nitrogens with one attached hydrogen (secondary N) is 2. The highest BCUT2D eigenvalue weighted by molar-refractivity contribution is 6.39. The molecule has 0 saturated heterocycles. The average molecular weight is 365 g/mol. The molecule has 6 heteroatoms.